The van der Waals surface area contributed by atoms with Crippen LogP contribution >= 0.6 is 0 Å². The third kappa shape index (κ3) is 19.0. The number of hydrogen-bond acceptors (Lipinski definition) is 36. The molecule has 23 rings (SSSR count). The number of H-pyrrole nitrogens is 5. The number of Topliss-reactive ketones (excluding diaryl/α,β-unsaturated/α-hetero) is 4. The molecular formula is C98H93F2N37O13. The maximum Gasteiger partial charge on any atom is 0.295 e. The fraction of sp³-hybridized carbons (Fsp3) is 0.255. The van der Waals surface area contributed by atoms with E-state index in [-0.39, 0.29) is 74.8 Å². The number of hydrogen-bond donors (Lipinski definition) is 5. The summed E-state index contributed by atoms with van der Waals surface area (Å²) in [7, 11) is 4.57. The van der Waals surface area contributed by atoms with Crippen LogP contribution in [0.4, 0.5) is 32.3 Å². The van der Waals surface area contributed by atoms with Gasteiger partial charge in [-0.2, -0.15) is 14.5 Å². The van der Waals surface area contributed by atoms with Gasteiger partial charge in [-0.05, 0) is 103 Å². The predicted molar refractivity (Wildman–Crippen MR) is 535 cm³/mol. The second kappa shape index (κ2) is 42.7. The van der Waals surface area contributed by atoms with Crippen LogP contribution in [0.1, 0.15) is 68.0 Å². The molecule has 0 aliphatic carbocycles. The lowest BCUT2D eigenvalue weighted by atomic mass is 10.1. The van der Waals surface area contributed by atoms with Crippen molar-refractivity contribution in [3.8, 4) is 69.0 Å². The topological polar surface area (TPSA) is 557 Å². The molecule has 0 bridgehead atoms. The minimum Gasteiger partial charge on any atom is -0.494 e. The van der Waals surface area contributed by atoms with E-state index < -0.39 is 58.4 Å². The number of methoxy groups -OCH3 is 3. The molecule has 4 aliphatic rings. The van der Waals surface area contributed by atoms with Crippen LogP contribution in [-0.4, -0.2) is 350 Å². The molecule has 5 N–H and O–H groups in total. The molecule has 0 spiro atoms. The summed E-state index contributed by atoms with van der Waals surface area (Å²) in [6.07, 6.45) is 25.1. The molecular weight excluding hydrogens is 1940 g/mol. The Balaban J connectivity index is 0.000000121. The third-order valence-electron chi connectivity index (χ3n) is 25.7. The molecule has 0 radical (unpaired) electrons. The number of ketones is 4. The molecule has 21 heterocycles. The van der Waals surface area contributed by atoms with Gasteiger partial charge in [-0.3, -0.25) is 38.4 Å². The Morgan fingerprint density at radius 1 is 0.387 bits per heavy atom. The van der Waals surface area contributed by atoms with Crippen molar-refractivity contribution in [2.24, 2.45) is 0 Å². The van der Waals surface area contributed by atoms with Crippen LogP contribution < -0.4 is 43.3 Å². The summed E-state index contributed by atoms with van der Waals surface area (Å²) in [4.78, 5) is 170. The summed E-state index contributed by atoms with van der Waals surface area (Å²) < 4.78 is 64.8. The molecule has 19 aromatic rings. The van der Waals surface area contributed by atoms with Gasteiger partial charge in [-0.1, -0.05) is 57.0 Å². The van der Waals surface area contributed by atoms with Crippen LogP contribution in [0.25, 0.3) is 94.7 Å². The summed E-state index contributed by atoms with van der Waals surface area (Å²) in [5, 5.41) is 45.5. The minimum absolute atomic E-state index is 0.00710. The first kappa shape index (κ1) is 97.8. The van der Waals surface area contributed by atoms with Crippen LogP contribution in [-0.2, 0) is 19.2 Å². The SMILES string of the molecule is CCOc1cccnc1N1CCN(C(=O)C(=O)c2c[nH]c3c(-n4ccnn4)ncc(F)c23)CC1.CCOc1cccnc1N1CCN(C(=O)C(=O)c2c[nH]c3c(-n4cnc(C)n4)ncc(OC)c23)CC1.COc1cnc(-c2ncc(OC)c3c(C(=O)C(=O)N4CCN(c5nnnn5-c5ccccc5)CC4)c[nH]c23)c2[nH]ccc12.C[C@H]1CN(C(=O)C(=O)c2c[nH]c3c(-n4ccnn4)ncc(F)c23)CCN1c1nnnn1-c1ccccc1. The average Bonchev–Trinajstić information content (AvgIpc) is 1.59. The highest BCUT2D eigenvalue weighted by Crippen LogP contribution is 2.41. The Morgan fingerprint density at radius 2 is 0.800 bits per heavy atom. The molecule has 4 amide bonds. The van der Waals surface area contributed by atoms with E-state index >= 15 is 0 Å². The summed E-state index contributed by atoms with van der Waals surface area (Å²) in [5.74, 6) is 0.0128. The molecule has 50 nitrogen and oxygen atoms in total. The molecule has 150 heavy (non-hydrogen) atoms. The predicted octanol–water partition coefficient (Wildman–Crippen LogP) is 7.20. The fourth-order valence-electron chi connectivity index (χ4n) is 18.4. The molecule has 0 saturated carbocycles. The first-order valence-corrected chi connectivity index (χ1v) is 47.4. The molecule has 2 aromatic carbocycles. The smallest absolute Gasteiger partial charge is 0.295 e. The van der Waals surface area contributed by atoms with Gasteiger partial charge >= 0.3 is 0 Å². The number of carbonyl (C=O) groups is 8. The van der Waals surface area contributed by atoms with Crippen LogP contribution in [0.3, 0.4) is 0 Å². The van der Waals surface area contributed by atoms with Gasteiger partial charge in [0, 0.05) is 153 Å². The standard InChI is InChI=1S/C29H26N10O4.C24H26N8O4.C23H20FN11O2.C22H21FN8O3/c1-42-20-15-32-25(23-18(20)8-9-30-23)26-24-22(21(43-2)16-33-26)19(14-31-24)27(40)28(41)37-10-12-38(13-11-37)29-34-35-36-39(29)17-6-4-3-5-7-17;1-4-36-17-6-5-7-25-22(17)30-8-10-31(11-9-30)24(34)21(33)16-12-26-20-19(16)18(35-3)13-27-23(20)32-14-28-15(2)29-32;1-14-13-32(9-10-33(14)23-28-29-31-35(23)15-5-3-2-4-6-15)22(37)20(36)16-11-25-19-18(16)17(24)12-26-21(19)34-8-7-27-30-34;1-2-34-16-4-3-5-24-20(16)29-8-10-30(11-9-29)22(33)19(32)14-12-25-18-17(14)15(23)13-26-21(18)31-7-6-27-28-31/h3-9,14-16,30-31H,10-13H2,1-2H3;5-7,12-14,26H,4,8-11H2,1-3H3;2-8,11-12,14,25H,9-10,13H2,1H3;3-7,12-13,25H,2,8-11H2,1H3/t;;14-;/m..0./s1. The van der Waals surface area contributed by atoms with Crippen molar-refractivity contribution >= 4 is 125 Å². The van der Waals surface area contributed by atoms with Crippen molar-refractivity contribution in [2.75, 3.05) is 152 Å². The number of anilines is 4. The van der Waals surface area contributed by atoms with Gasteiger partial charge in [-0.25, -0.2) is 62.7 Å². The van der Waals surface area contributed by atoms with Crippen molar-refractivity contribution in [3.05, 3.63) is 236 Å². The quantitative estimate of drug-likeness (QED) is 0.0279. The largest absolute Gasteiger partial charge is 0.494 e. The number of aromatic amines is 5. The maximum absolute atomic E-state index is 14.8. The van der Waals surface area contributed by atoms with Gasteiger partial charge in [0.25, 0.3) is 52.7 Å². The van der Waals surface area contributed by atoms with Crippen molar-refractivity contribution in [1.82, 2.24) is 165 Å². The molecule has 4 saturated heterocycles. The number of piperazine rings is 4. The third-order valence-corrected chi connectivity index (χ3v) is 25.7. The number of carbonyl (C=O) groups excluding carboxylic acids is 8. The van der Waals surface area contributed by atoms with Gasteiger partial charge < -0.3 is 87.8 Å². The lowest BCUT2D eigenvalue weighted by Crippen LogP contribution is -2.55. The van der Waals surface area contributed by atoms with Gasteiger partial charge in [0.15, 0.2) is 52.2 Å². The van der Waals surface area contributed by atoms with Gasteiger partial charge in [0.05, 0.1) is 173 Å². The number of nitrogens with zero attached hydrogens (tertiary/aromatic N) is 32. The van der Waals surface area contributed by atoms with E-state index in [2.05, 4.69) is 126 Å². The fourth-order valence-corrected chi connectivity index (χ4v) is 18.4. The van der Waals surface area contributed by atoms with Crippen molar-refractivity contribution in [3.63, 3.8) is 0 Å². The second-order valence-electron chi connectivity index (χ2n) is 34.3. The highest BCUT2D eigenvalue weighted by molar-refractivity contribution is 6.47. The lowest BCUT2D eigenvalue weighted by molar-refractivity contribution is -0.127. The van der Waals surface area contributed by atoms with Gasteiger partial charge in [0.1, 0.15) is 40.8 Å². The summed E-state index contributed by atoms with van der Waals surface area (Å²) >= 11 is 0. The van der Waals surface area contributed by atoms with E-state index in [9.17, 15) is 47.1 Å². The number of rotatable bonds is 25. The zero-order valence-corrected chi connectivity index (χ0v) is 81.4. The van der Waals surface area contributed by atoms with E-state index in [1.54, 1.807) is 76.4 Å². The van der Waals surface area contributed by atoms with E-state index in [1.807, 2.05) is 120 Å². The number of halogens is 2. The number of fused-ring (bicyclic) bond motifs is 5. The summed E-state index contributed by atoms with van der Waals surface area (Å²) in [6, 6.07) is 28.1. The zero-order chi connectivity index (χ0) is 104. The zero-order valence-electron chi connectivity index (χ0n) is 81.4. The molecule has 1 atom stereocenters. The van der Waals surface area contributed by atoms with Crippen LogP contribution in [0.5, 0.6) is 28.7 Å². The number of aryl methyl sites for hydroxylation is 1. The average molecular weight is 2040 g/mol. The molecule has 0 unspecified atom stereocenters. The highest BCUT2D eigenvalue weighted by atomic mass is 19.1. The number of pyridine rings is 7. The first-order chi connectivity index (χ1) is 73.2. The summed E-state index contributed by atoms with van der Waals surface area (Å²) in [6.45, 7) is 14.6. The molecule has 4 fully saturated rings. The lowest BCUT2D eigenvalue weighted by Gasteiger charge is -2.39. The van der Waals surface area contributed by atoms with Crippen LogP contribution in [0.15, 0.2) is 196 Å². The Morgan fingerprint density at radius 3 is 1.26 bits per heavy atom. The number of tetrazole rings is 2. The van der Waals surface area contributed by atoms with Gasteiger partial charge in [-0.15, -0.1) is 10.2 Å². The minimum atomic E-state index is -0.810. The first-order valence-electron chi connectivity index (χ1n) is 47.4. The Bertz CT molecular complexity index is 8220. The monoisotopic (exact) mass is 2030 g/mol. The van der Waals surface area contributed by atoms with Crippen molar-refractivity contribution < 1.29 is 70.8 Å². The van der Waals surface area contributed by atoms with E-state index in [0.717, 1.165) is 40.5 Å². The molecule has 762 valence electrons. The van der Waals surface area contributed by atoms with E-state index in [4.69, 9.17) is 23.7 Å². The second-order valence-corrected chi connectivity index (χ2v) is 34.3. The number of amides is 4. The highest BCUT2D eigenvalue weighted by Gasteiger charge is 2.39. The van der Waals surface area contributed by atoms with Crippen molar-refractivity contribution in [1.29, 1.82) is 0 Å². The number of benzene rings is 2. The number of para-hydroxylation sites is 2. The number of nitrogens with one attached hydrogen (secondary N) is 5. The molecule has 52 heteroatoms. The Kier molecular flexibility index (Phi) is 27.9. The Hall–Kier alpha value is -19.6. The van der Waals surface area contributed by atoms with Crippen LogP contribution in [0.2, 0.25) is 0 Å². The van der Waals surface area contributed by atoms with Crippen molar-refractivity contribution in [2.45, 2.75) is 33.7 Å². The normalized spacial score (nSPS) is 14.3. The maximum atomic E-state index is 14.8. The molecule has 4 aliphatic heterocycles. The summed E-state index contributed by atoms with van der Waals surface area (Å²) in [5.41, 5.74) is 5.30. The number of aromatic nitrogens is 29. The van der Waals surface area contributed by atoms with E-state index in [1.165, 1.54) is 94.0 Å². The number of ether oxygens (including phenoxy) is 5. The van der Waals surface area contributed by atoms with E-state index in [0.29, 0.717) is 190 Å². The van der Waals surface area contributed by atoms with Gasteiger partial charge in [0.2, 0.25) is 5.95 Å². The molecule has 17 aromatic heterocycles. The Labute approximate surface area is 847 Å². The van der Waals surface area contributed by atoms with Crippen LogP contribution in [0, 0.1) is 18.6 Å².